The predicted octanol–water partition coefficient (Wildman–Crippen LogP) is -1.57. The summed E-state index contributed by atoms with van der Waals surface area (Å²) in [6.07, 6.45) is 5.92. The number of aliphatic hydroxyl groups is 1. The first-order valence-electron chi connectivity index (χ1n) is 3.07. The molecule has 44 valence electrons. The van der Waals surface area contributed by atoms with Gasteiger partial charge in [-0.05, 0) is 12.8 Å². The summed E-state index contributed by atoms with van der Waals surface area (Å²) in [6.45, 7) is 0. The number of hydrogen-bond acceptors (Lipinski definition) is 1. The van der Waals surface area contributed by atoms with Gasteiger partial charge in [-0.1, -0.05) is 19.3 Å². The average molecular weight is 108 g/mol. The second-order valence-electron chi connectivity index (χ2n) is 2.29. The molecule has 1 aliphatic carbocycles. The Hall–Kier alpha value is 0.557. The summed E-state index contributed by atoms with van der Waals surface area (Å²) in [6, 6.07) is 0. The van der Waals surface area contributed by atoms with E-state index < -0.39 is 0 Å². The zero-order valence-corrected chi connectivity index (χ0v) is 5.56. The standard InChI is InChI=1S/C6H12O.Li.H/c7-6-4-2-1-3-5-6;;/h6-7H,1-5H2;;/q;+1;-1. The van der Waals surface area contributed by atoms with Crippen LogP contribution >= 0.6 is 0 Å². The van der Waals surface area contributed by atoms with Crippen LogP contribution in [0, 0.1) is 0 Å². The summed E-state index contributed by atoms with van der Waals surface area (Å²) in [5.74, 6) is 0. The van der Waals surface area contributed by atoms with Crippen LogP contribution in [0.2, 0.25) is 0 Å². The van der Waals surface area contributed by atoms with Crippen LogP contribution in [0.1, 0.15) is 33.5 Å². The summed E-state index contributed by atoms with van der Waals surface area (Å²) in [7, 11) is 0. The summed E-state index contributed by atoms with van der Waals surface area (Å²) >= 11 is 0. The molecule has 0 radical (unpaired) electrons. The zero-order valence-electron chi connectivity index (χ0n) is 6.56. The maximum absolute atomic E-state index is 8.91. The molecule has 1 rings (SSSR count). The van der Waals surface area contributed by atoms with Crippen LogP contribution < -0.4 is 18.9 Å². The van der Waals surface area contributed by atoms with Crippen molar-refractivity contribution < 1.29 is 25.4 Å². The molecular weight excluding hydrogens is 95.0 g/mol. The fourth-order valence-electron chi connectivity index (χ4n) is 1.08. The van der Waals surface area contributed by atoms with Crippen LogP contribution in [0.4, 0.5) is 0 Å². The number of aliphatic hydroxyl groups excluding tert-OH is 1. The summed E-state index contributed by atoms with van der Waals surface area (Å²) in [5, 5.41) is 8.91. The molecule has 0 unspecified atom stereocenters. The quantitative estimate of drug-likeness (QED) is 0.372. The van der Waals surface area contributed by atoms with E-state index in [0.29, 0.717) is 0 Å². The minimum atomic E-state index is 0. The molecule has 8 heavy (non-hydrogen) atoms. The van der Waals surface area contributed by atoms with Crippen molar-refractivity contribution in [3.8, 4) is 0 Å². The van der Waals surface area contributed by atoms with E-state index in [9.17, 15) is 0 Å². The van der Waals surface area contributed by atoms with Crippen molar-refractivity contribution in [2.75, 3.05) is 0 Å². The van der Waals surface area contributed by atoms with Crippen molar-refractivity contribution in [1.82, 2.24) is 0 Å². The van der Waals surface area contributed by atoms with Crippen LogP contribution in [-0.4, -0.2) is 11.2 Å². The molecule has 1 aliphatic rings. The van der Waals surface area contributed by atoms with Crippen molar-refractivity contribution in [3.05, 3.63) is 0 Å². The van der Waals surface area contributed by atoms with Crippen molar-refractivity contribution >= 4 is 0 Å². The molecule has 0 heterocycles. The molecule has 0 spiro atoms. The van der Waals surface area contributed by atoms with Crippen LogP contribution in [0.25, 0.3) is 0 Å². The van der Waals surface area contributed by atoms with E-state index >= 15 is 0 Å². The monoisotopic (exact) mass is 108 g/mol. The van der Waals surface area contributed by atoms with Gasteiger partial charge >= 0.3 is 18.9 Å². The van der Waals surface area contributed by atoms with Gasteiger partial charge in [0, 0.05) is 0 Å². The molecule has 0 aromatic carbocycles. The summed E-state index contributed by atoms with van der Waals surface area (Å²) < 4.78 is 0. The first-order chi connectivity index (χ1) is 3.39. The third-order valence-corrected chi connectivity index (χ3v) is 1.57. The molecule has 0 aromatic heterocycles. The average Bonchev–Trinajstić information content (AvgIpc) is 1.69. The molecule has 1 nitrogen and oxygen atoms in total. The van der Waals surface area contributed by atoms with Gasteiger partial charge in [-0.25, -0.2) is 0 Å². The Labute approximate surface area is 64.1 Å². The van der Waals surface area contributed by atoms with Gasteiger partial charge < -0.3 is 6.53 Å². The number of hydrogen-bond donors (Lipinski definition) is 1. The zero-order chi connectivity index (χ0) is 5.11. The fourth-order valence-corrected chi connectivity index (χ4v) is 1.08. The molecule has 1 fully saturated rings. The third kappa shape index (κ3) is 2.77. The molecule has 0 bridgehead atoms. The topological polar surface area (TPSA) is 20.2 Å². The Bertz CT molecular complexity index is 55.0. The van der Waals surface area contributed by atoms with Crippen molar-refractivity contribution in [2.45, 2.75) is 38.2 Å². The Kier molecular flexibility index (Phi) is 4.75. The Morgan fingerprint density at radius 1 is 1.12 bits per heavy atom. The second kappa shape index (κ2) is 4.44. The molecule has 1 saturated carbocycles. The first kappa shape index (κ1) is 8.56. The smallest absolute Gasteiger partial charge is 1.00 e. The van der Waals surface area contributed by atoms with Crippen molar-refractivity contribution in [1.29, 1.82) is 0 Å². The maximum Gasteiger partial charge on any atom is 1.00 e. The molecule has 2 heteroatoms. The van der Waals surface area contributed by atoms with Gasteiger partial charge in [0.1, 0.15) is 0 Å². The number of rotatable bonds is 0. The van der Waals surface area contributed by atoms with E-state index in [1.165, 1.54) is 19.3 Å². The largest absolute Gasteiger partial charge is 1.00 e. The van der Waals surface area contributed by atoms with Crippen LogP contribution in [0.3, 0.4) is 0 Å². The van der Waals surface area contributed by atoms with E-state index in [0.717, 1.165) is 12.8 Å². The summed E-state index contributed by atoms with van der Waals surface area (Å²) in [4.78, 5) is 0. The summed E-state index contributed by atoms with van der Waals surface area (Å²) in [5.41, 5.74) is 0. The van der Waals surface area contributed by atoms with Gasteiger partial charge in [-0.15, -0.1) is 0 Å². The predicted molar refractivity (Wildman–Crippen MR) is 30.2 cm³/mol. The molecule has 0 aromatic rings. The molecule has 0 atom stereocenters. The Balaban J connectivity index is 0. The van der Waals surface area contributed by atoms with Crippen LogP contribution in [0.5, 0.6) is 0 Å². The molecule has 1 N–H and O–H groups in total. The minimum Gasteiger partial charge on any atom is -1.00 e. The molecule has 0 saturated heterocycles. The van der Waals surface area contributed by atoms with E-state index in [-0.39, 0.29) is 26.4 Å². The van der Waals surface area contributed by atoms with Gasteiger partial charge in [0.15, 0.2) is 0 Å². The van der Waals surface area contributed by atoms with Crippen LogP contribution in [-0.2, 0) is 0 Å². The fraction of sp³-hybridized carbons (Fsp3) is 1.00. The van der Waals surface area contributed by atoms with E-state index in [4.69, 9.17) is 5.11 Å². The third-order valence-electron chi connectivity index (χ3n) is 1.57. The second-order valence-corrected chi connectivity index (χ2v) is 2.29. The van der Waals surface area contributed by atoms with Gasteiger partial charge in [-0.3, -0.25) is 0 Å². The molecule has 0 aliphatic heterocycles. The van der Waals surface area contributed by atoms with E-state index in [1.807, 2.05) is 0 Å². The van der Waals surface area contributed by atoms with Crippen LogP contribution in [0.15, 0.2) is 0 Å². The SMILES string of the molecule is OC1CCCCC1.[H-].[Li+]. The van der Waals surface area contributed by atoms with Crippen molar-refractivity contribution in [3.63, 3.8) is 0 Å². The van der Waals surface area contributed by atoms with Gasteiger partial charge in [0.05, 0.1) is 6.10 Å². The van der Waals surface area contributed by atoms with Crippen molar-refractivity contribution in [2.24, 2.45) is 0 Å². The minimum absolute atomic E-state index is 0. The Morgan fingerprint density at radius 2 is 1.62 bits per heavy atom. The molecule has 0 amide bonds. The van der Waals surface area contributed by atoms with E-state index in [1.54, 1.807) is 0 Å². The van der Waals surface area contributed by atoms with Gasteiger partial charge in [0.2, 0.25) is 0 Å². The Morgan fingerprint density at radius 3 is 1.88 bits per heavy atom. The van der Waals surface area contributed by atoms with E-state index in [2.05, 4.69) is 0 Å². The van der Waals surface area contributed by atoms with Gasteiger partial charge in [0.25, 0.3) is 0 Å². The van der Waals surface area contributed by atoms with Gasteiger partial charge in [-0.2, -0.15) is 0 Å². The normalized spacial score (nSPS) is 22.1. The first-order valence-corrected chi connectivity index (χ1v) is 3.07. The molecular formula is C6H13LiO. The maximum atomic E-state index is 8.91.